The molecule has 59 heavy (non-hydrogen) atoms. The Labute approximate surface area is 345 Å². The normalized spacial score (nSPS) is 25.7. The Morgan fingerprint density at radius 3 is 1.86 bits per heavy atom. The third kappa shape index (κ3) is 6.49. The van der Waals surface area contributed by atoms with E-state index < -0.39 is 89.6 Å². The van der Waals surface area contributed by atoms with Gasteiger partial charge in [-0.15, -0.1) is 0 Å². The third-order valence-corrected chi connectivity index (χ3v) is 16.2. The average Bonchev–Trinajstić information content (AvgIpc) is 3.68. The highest BCUT2D eigenvalue weighted by Crippen LogP contribution is 2.65. The molecule has 3 aliphatic heterocycles. The van der Waals surface area contributed by atoms with Crippen molar-refractivity contribution < 1.29 is 52.1 Å². The summed E-state index contributed by atoms with van der Waals surface area (Å²) in [5.41, 5.74) is -7.55. The van der Waals surface area contributed by atoms with Crippen molar-refractivity contribution in [2.24, 2.45) is 0 Å². The van der Waals surface area contributed by atoms with Crippen LogP contribution in [0.2, 0.25) is 18.1 Å². The van der Waals surface area contributed by atoms with E-state index in [2.05, 4.69) is 0 Å². The Morgan fingerprint density at radius 1 is 0.746 bits per heavy atom. The first-order valence-corrected chi connectivity index (χ1v) is 22.5. The number of esters is 2. The Balaban J connectivity index is 1.83. The molecule has 1 aromatic heterocycles. The summed E-state index contributed by atoms with van der Waals surface area (Å²) >= 11 is 0. The number of piperazine rings is 1. The second-order valence-corrected chi connectivity index (χ2v) is 23.9. The van der Waals surface area contributed by atoms with Crippen molar-refractivity contribution in [2.75, 3.05) is 11.9 Å². The highest BCUT2D eigenvalue weighted by atomic mass is 28.4. The number of aromatic nitrogens is 1. The van der Waals surface area contributed by atoms with E-state index >= 15 is 9.59 Å². The van der Waals surface area contributed by atoms with Gasteiger partial charge in [-0.25, -0.2) is 9.59 Å². The van der Waals surface area contributed by atoms with E-state index in [1.165, 1.54) is 29.6 Å². The molecule has 0 unspecified atom stereocenters. The molecule has 6 rings (SSSR count). The maximum absolute atomic E-state index is 16.0. The van der Waals surface area contributed by atoms with Gasteiger partial charge in [0.05, 0.1) is 11.2 Å². The van der Waals surface area contributed by atoms with Gasteiger partial charge < -0.3 is 28.3 Å². The number of likely N-dealkylation sites (N-methyl/N-ethyl adjacent to an activating group) is 1. The molecular formula is C43H56N4O11Si. The SMILES string of the molecule is CC(=O)O[C@H]1[C@]2(c3cn(C(=O)OC(C)(C)C)c4ccccc34)c3ccccc3N(C(=O)OC(C)(C)C)[C@@H]2N2C(=O)[C@@](C)(O[Si](C)(C)C(C)(C)C)N(C)C(=O)[C@]12OC(C)=O. The van der Waals surface area contributed by atoms with Gasteiger partial charge in [0.1, 0.15) is 22.8 Å². The Kier molecular flexibility index (Phi) is 10.0. The summed E-state index contributed by atoms with van der Waals surface area (Å²) in [4.78, 5) is 91.3. The number of carbonyl (C=O) groups is 6. The lowest BCUT2D eigenvalue weighted by Gasteiger charge is -2.55. The number of para-hydroxylation sites is 2. The van der Waals surface area contributed by atoms with Crippen LogP contribution in [0.3, 0.4) is 0 Å². The van der Waals surface area contributed by atoms with Crippen LogP contribution in [0.25, 0.3) is 10.9 Å². The number of ether oxygens (including phenoxy) is 4. The van der Waals surface area contributed by atoms with Crippen LogP contribution < -0.4 is 4.90 Å². The predicted molar refractivity (Wildman–Crippen MR) is 220 cm³/mol. The van der Waals surface area contributed by atoms with Gasteiger partial charge in [0.15, 0.2) is 14.4 Å². The lowest BCUT2D eigenvalue weighted by Crippen LogP contribution is -2.80. The van der Waals surface area contributed by atoms with Crippen molar-refractivity contribution in [2.45, 2.75) is 142 Å². The van der Waals surface area contributed by atoms with Crippen molar-refractivity contribution in [3.63, 3.8) is 0 Å². The molecule has 0 N–H and O–H groups in total. The van der Waals surface area contributed by atoms with E-state index in [-0.39, 0.29) is 11.3 Å². The van der Waals surface area contributed by atoms with E-state index in [9.17, 15) is 19.2 Å². The van der Waals surface area contributed by atoms with Crippen molar-refractivity contribution in [3.05, 3.63) is 65.9 Å². The van der Waals surface area contributed by atoms with Gasteiger partial charge in [0.2, 0.25) is 5.72 Å². The fourth-order valence-electron chi connectivity index (χ4n) is 8.37. The summed E-state index contributed by atoms with van der Waals surface area (Å²) in [6.45, 7) is 23.7. The van der Waals surface area contributed by atoms with Gasteiger partial charge in [-0.3, -0.25) is 33.5 Å². The van der Waals surface area contributed by atoms with Crippen molar-refractivity contribution in [1.29, 1.82) is 0 Å². The van der Waals surface area contributed by atoms with E-state index in [0.717, 1.165) is 23.6 Å². The number of nitrogens with zero attached hydrogens (tertiary/aromatic N) is 4. The molecule has 3 amide bonds. The molecule has 0 spiro atoms. The highest BCUT2D eigenvalue weighted by Gasteiger charge is 2.85. The van der Waals surface area contributed by atoms with Gasteiger partial charge in [0, 0.05) is 32.5 Å². The molecule has 0 radical (unpaired) electrons. The standard InChI is InChI=1S/C43H56N4O11Si/c1-25(48)54-32-42(29-24-45(36(52)56-38(3,4)5)30-22-18-16-20-27(29)30)28-21-17-19-23-31(28)46(37(53)57-39(6,7)8)33(42)47-34(50)41(12,58-59(14,15)40(9,10)11)44(13)35(51)43(32,47)55-26(2)49/h16-24,32-33H,1-15H3/t32-,33+,41+,42+,43+/m0/s1. The second-order valence-electron chi connectivity index (χ2n) is 19.2. The summed E-state index contributed by atoms with van der Waals surface area (Å²) in [5.74, 6) is -3.68. The van der Waals surface area contributed by atoms with E-state index in [0.29, 0.717) is 16.5 Å². The lowest BCUT2D eigenvalue weighted by molar-refractivity contribution is -0.243. The van der Waals surface area contributed by atoms with Gasteiger partial charge in [0.25, 0.3) is 11.8 Å². The summed E-state index contributed by atoms with van der Waals surface area (Å²) in [5, 5.41) is -0.0253. The number of benzene rings is 2. The maximum atomic E-state index is 16.0. The van der Waals surface area contributed by atoms with Gasteiger partial charge in [-0.2, -0.15) is 0 Å². The van der Waals surface area contributed by atoms with Crippen molar-refractivity contribution in [3.8, 4) is 0 Å². The van der Waals surface area contributed by atoms with Crippen LogP contribution in [0.15, 0.2) is 54.7 Å². The van der Waals surface area contributed by atoms with Crippen LogP contribution >= 0.6 is 0 Å². The first kappa shape index (κ1) is 43.4. The Morgan fingerprint density at radius 2 is 1.31 bits per heavy atom. The first-order chi connectivity index (χ1) is 27.0. The number of hydrogen-bond donors (Lipinski definition) is 0. The lowest BCUT2D eigenvalue weighted by atomic mass is 9.69. The first-order valence-electron chi connectivity index (χ1n) is 19.6. The Hall–Kier alpha value is -5.22. The number of carbonyl (C=O) groups excluding carboxylic acids is 6. The van der Waals surface area contributed by atoms with Crippen molar-refractivity contribution >= 4 is 60.8 Å². The highest BCUT2D eigenvalue weighted by molar-refractivity contribution is 6.74. The topological polar surface area (TPSA) is 163 Å². The molecule has 0 saturated carbocycles. The smallest absolute Gasteiger partial charge is 0.419 e. The minimum Gasteiger partial charge on any atom is -0.454 e. The number of rotatable bonds is 5. The van der Waals surface area contributed by atoms with Crippen LogP contribution in [-0.2, 0) is 48.0 Å². The minimum atomic E-state index is -2.93. The summed E-state index contributed by atoms with van der Waals surface area (Å²) in [7, 11) is -1.56. The molecule has 2 aromatic carbocycles. The number of fused-ring (bicyclic) bond motifs is 6. The summed E-state index contributed by atoms with van der Waals surface area (Å²) in [6.07, 6.45) is -3.70. The molecule has 0 aliphatic carbocycles. The summed E-state index contributed by atoms with van der Waals surface area (Å²) < 4.78 is 32.6. The molecular weight excluding hydrogens is 777 g/mol. The molecule has 318 valence electrons. The molecule has 3 aliphatic rings. The van der Waals surface area contributed by atoms with Crippen molar-refractivity contribution in [1.82, 2.24) is 14.4 Å². The zero-order valence-corrected chi connectivity index (χ0v) is 37.6. The fraction of sp³-hybridized carbons (Fsp3) is 0.535. The zero-order chi connectivity index (χ0) is 44.2. The van der Waals surface area contributed by atoms with Crippen LogP contribution in [0.4, 0.5) is 15.3 Å². The fourth-order valence-corrected chi connectivity index (χ4v) is 9.90. The molecule has 2 saturated heterocycles. The second kappa shape index (κ2) is 13.7. The molecule has 16 heteroatoms. The van der Waals surface area contributed by atoms with Gasteiger partial charge in [-0.05, 0) is 89.9 Å². The summed E-state index contributed by atoms with van der Waals surface area (Å²) in [6, 6.07) is 13.6. The van der Waals surface area contributed by atoms with E-state index in [1.54, 1.807) is 90.1 Å². The average molecular weight is 833 g/mol. The largest absolute Gasteiger partial charge is 0.454 e. The number of anilines is 1. The Bertz CT molecular complexity index is 2280. The number of amides is 3. The predicted octanol–water partition coefficient (Wildman–Crippen LogP) is 7.04. The monoisotopic (exact) mass is 832 g/mol. The van der Waals surface area contributed by atoms with Gasteiger partial charge >= 0.3 is 29.9 Å². The molecule has 3 aromatic rings. The molecule has 5 atom stereocenters. The molecule has 15 nitrogen and oxygen atoms in total. The van der Waals surface area contributed by atoms with Crippen LogP contribution in [0.1, 0.15) is 94.2 Å². The third-order valence-electron chi connectivity index (χ3n) is 11.7. The van der Waals surface area contributed by atoms with Gasteiger partial charge in [-0.1, -0.05) is 57.2 Å². The van der Waals surface area contributed by atoms with Crippen LogP contribution in [0.5, 0.6) is 0 Å². The van der Waals surface area contributed by atoms with Crippen LogP contribution in [-0.4, -0.2) is 101 Å². The molecule has 2 fully saturated rings. The number of hydrogen-bond acceptors (Lipinski definition) is 11. The minimum absolute atomic E-state index is 0.251. The van der Waals surface area contributed by atoms with E-state index in [4.69, 9.17) is 23.4 Å². The molecule has 4 heterocycles. The quantitative estimate of drug-likeness (QED) is 0.147. The van der Waals surface area contributed by atoms with E-state index in [1.807, 2.05) is 33.9 Å². The van der Waals surface area contributed by atoms with Crippen LogP contribution in [0, 0.1) is 0 Å². The maximum Gasteiger partial charge on any atom is 0.419 e. The zero-order valence-electron chi connectivity index (χ0n) is 36.6. The molecule has 0 bridgehead atoms.